The van der Waals surface area contributed by atoms with Crippen LogP contribution in [-0.4, -0.2) is 64.5 Å². The molecule has 0 fully saturated rings. The highest BCUT2D eigenvalue weighted by Gasteiger charge is 2.07. The van der Waals surface area contributed by atoms with E-state index in [9.17, 15) is 0 Å². The summed E-state index contributed by atoms with van der Waals surface area (Å²) in [5.41, 5.74) is 1.85. The van der Waals surface area contributed by atoms with Gasteiger partial charge < -0.3 is 15.1 Å². The van der Waals surface area contributed by atoms with Crippen molar-refractivity contribution >= 4 is 40.7 Å². The van der Waals surface area contributed by atoms with Gasteiger partial charge in [0, 0.05) is 41.5 Å². The second-order valence-electron chi connectivity index (χ2n) is 3.51. The fraction of sp³-hybridized carbons (Fsp3) is 0.727. The molecule has 18 heavy (non-hydrogen) atoms. The summed E-state index contributed by atoms with van der Waals surface area (Å²) in [6, 6.07) is 0. The molecule has 0 bridgehead atoms. The van der Waals surface area contributed by atoms with Gasteiger partial charge in [-0.1, -0.05) is 0 Å². The van der Waals surface area contributed by atoms with Crippen molar-refractivity contribution < 1.29 is 10.2 Å². The third-order valence-electron chi connectivity index (χ3n) is 2.23. The van der Waals surface area contributed by atoms with E-state index >= 15 is 0 Å². The summed E-state index contributed by atoms with van der Waals surface area (Å²) in [6.45, 7) is 2.39. The second kappa shape index (κ2) is 10.9. The van der Waals surface area contributed by atoms with E-state index in [0.29, 0.717) is 0 Å². The number of anilines is 1. The van der Waals surface area contributed by atoms with Crippen LogP contribution in [0.2, 0.25) is 0 Å². The largest absolute Gasteiger partial charge is 0.396 e. The van der Waals surface area contributed by atoms with Crippen LogP contribution < -0.4 is 4.90 Å². The Hall–Kier alpha value is 0.0500. The van der Waals surface area contributed by atoms with Crippen LogP contribution >= 0.6 is 34.9 Å². The van der Waals surface area contributed by atoms with E-state index in [1.54, 1.807) is 34.9 Å². The minimum absolute atomic E-state index is 0.244. The number of nitrogens with zero attached hydrogens (tertiary/aromatic N) is 2. The topological polar surface area (TPSA) is 56.6 Å². The molecule has 0 aromatic carbocycles. The minimum atomic E-state index is 0.244. The Morgan fingerprint density at radius 1 is 1.06 bits per heavy atom. The van der Waals surface area contributed by atoms with E-state index in [-0.39, 0.29) is 13.2 Å². The van der Waals surface area contributed by atoms with Gasteiger partial charge in [0.25, 0.3) is 0 Å². The summed E-state index contributed by atoms with van der Waals surface area (Å²) in [7, 11) is 0. The van der Waals surface area contributed by atoms with E-state index < -0.39 is 0 Å². The van der Waals surface area contributed by atoms with E-state index in [2.05, 4.69) is 15.3 Å². The molecule has 1 aromatic heterocycles. The minimum Gasteiger partial charge on any atom is -0.396 e. The molecule has 7 heteroatoms. The Balaban J connectivity index is 2.29. The molecule has 0 unspecified atom stereocenters. The molecule has 0 atom stereocenters. The summed E-state index contributed by atoms with van der Waals surface area (Å²) in [5.74, 6) is 4.63. The van der Waals surface area contributed by atoms with Crippen molar-refractivity contribution in [2.75, 3.05) is 54.2 Å². The molecule has 0 saturated heterocycles. The highest BCUT2D eigenvalue weighted by molar-refractivity contribution is 7.99. The molecular formula is C11H20N2O2S3. The third-order valence-corrected chi connectivity index (χ3v) is 4.68. The Morgan fingerprint density at radius 3 is 2.11 bits per heavy atom. The van der Waals surface area contributed by atoms with Crippen molar-refractivity contribution in [3.05, 3.63) is 10.9 Å². The van der Waals surface area contributed by atoms with Gasteiger partial charge in [-0.05, 0) is 0 Å². The predicted molar refractivity (Wildman–Crippen MR) is 83.1 cm³/mol. The number of hydrogen-bond donors (Lipinski definition) is 2. The molecule has 0 aliphatic heterocycles. The fourth-order valence-electron chi connectivity index (χ4n) is 1.39. The summed E-state index contributed by atoms with van der Waals surface area (Å²) in [6.07, 6.45) is 0. The van der Waals surface area contributed by atoms with Crippen LogP contribution in [-0.2, 0) is 0 Å². The molecule has 0 amide bonds. The zero-order valence-electron chi connectivity index (χ0n) is 10.3. The molecule has 0 saturated carbocycles. The number of thioether (sulfide) groups is 2. The molecule has 0 radical (unpaired) electrons. The normalized spacial score (nSPS) is 10.8. The summed E-state index contributed by atoms with van der Waals surface area (Å²) >= 11 is 5.13. The molecule has 0 aliphatic rings. The molecule has 104 valence electrons. The van der Waals surface area contributed by atoms with E-state index in [0.717, 1.165) is 41.9 Å². The van der Waals surface area contributed by atoms with E-state index in [1.807, 2.05) is 5.51 Å². The van der Waals surface area contributed by atoms with Gasteiger partial charge in [-0.25, -0.2) is 4.98 Å². The van der Waals surface area contributed by atoms with Gasteiger partial charge in [0.1, 0.15) is 5.82 Å². The standard InChI is InChI=1S/C11H20N2O2S3/c14-3-7-16-5-1-13(2-6-17-8-4-15)11-9-18-10-12-11/h9-10,14-15H,1-8H2. The maximum absolute atomic E-state index is 8.74. The molecule has 0 spiro atoms. The number of aliphatic hydroxyl groups excluding tert-OH is 2. The highest BCUT2D eigenvalue weighted by Crippen LogP contribution is 2.15. The maximum atomic E-state index is 8.74. The van der Waals surface area contributed by atoms with Crippen LogP contribution in [0.25, 0.3) is 0 Å². The SMILES string of the molecule is OCCSCCN(CCSCCO)c1cscn1. The van der Waals surface area contributed by atoms with Crippen LogP contribution in [0.4, 0.5) is 5.82 Å². The van der Waals surface area contributed by atoms with Crippen molar-refractivity contribution in [3.8, 4) is 0 Å². The van der Waals surface area contributed by atoms with Crippen molar-refractivity contribution in [3.63, 3.8) is 0 Å². The van der Waals surface area contributed by atoms with Crippen molar-refractivity contribution in [2.24, 2.45) is 0 Å². The first-order valence-corrected chi connectivity index (χ1v) is 9.14. The van der Waals surface area contributed by atoms with E-state index in [1.165, 1.54) is 0 Å². The molecule has 4 nitrogen and oxygen atoms in total. The van der Waals surface area contributed by atoms with Gasteiger partial charge in [0.2, 0.25) is 0 Å². The quantitative estimate of drug-likeness (QED) is 0.603. The average molecular weight is 308 g/mol. The van der Waals surface area contributed by atoms with Crippen molar-refractivity contribution in [2.45, 2.75) is 0 Å². The van der Waals surface area contributed by atoms with Gasteiger partial charge in [-0.3, -0.25) is 0 Å². The smallest absolute Gasteiger partial charge is 0.139 e. The lowest BCUT2D eigenvalue weighted by atomic mass is 10.5. The Labute approximate surface area is 121 Å². The maximum Gasteiger partial charge on any atom is 0.139 e. The number of rotatable bonds is 11. The molecule has 1 aromatic rings. The second-order valence-corrected chi connectivity index (χ2v) is 6.67. The van der Waals surface area contributed by atoms with Crippen LogP contribution in [0.3, 0.4) is 0 Å². The number of aliphatic hydroxyl groups is 2. The summed E-state index contributed by atoms with van der Waals surface area (Å²) in [5, 5.41) is 19.6. The van der Waals surface area contributed by atoms with Crippen LogP contribution in [0.15, 0.2) is 10.9 Å². The zero-order valence-corrected chi connectivity index (χ0v) is 12.8. The first kappa shape index (κ1) is 16.1. The third kappa shape index (κ3) is 6.84. The van der Waals surface area contributed by atoms with Crippen molar-refractivity contribution in [1.29, 1.82) is 0 Å². The zero-order chi connectivity index (χ0) is 13.1. The van der Waals surface area contributed by atoms with Gasteiger partial charge in [0.15, 0.2) is 0 Å². The van der Waals surface area contributed by atoms with Gasteiger partial charge in [-0.15, -0.1) is 11.3 Å². The molecule has 2 N–H and O–H groups in total. The Morgan fingerprint density at radius 2 is 1.67 bits per heavy atom. The fourth-order valence-corrected chi connectivity index (χ4v) is 3.31. The molecular weight excluding hydrogens is 288 g/mol. The summed E-state index contributed by atoms with van der Waals surface area (Å²) < 4.78 is 0. The molecule has 1 heterocycles. The Bertz CT molecular complexity index is 274. The van der Waals surface area contributed by atoms with Crippen LogP contribution in [0, 0.1) is 0 Å². The molecule has 0 aliphatic carbocycles. The lowest BCUT2D eigenvalue weighted by Gasteiger charge is -2.21. The lowest BCUT2D eigenvalue weighted by molar-refractivity contribution is 0.322. The van der Waals surface area contributed by atoms with Crippen LogP contribution in [0.1, 0.15) is 0 Å². The number of aromatic nitrogens is 1. The van der Waals surface area contributed by atoms with Gasteiger partial charge in [0.05, 0.1) is 18.7 Å². The first-order chi connectivity index (χ1) is 8.88. The monoisotopic (exact) mass is 308 g/mol. The highest BCUT2D eigenvalue weighted by atomic mass is 32.2. The molecule has 1 rings (SSSR count). The number of hydrogen-bond acceptors (Lipinski definition) is 7. The summed E-state index contributed by atoms with van der Waals surface area (Å²) in [4.78, 5) is 6.61. The van der Waals surface area contributed by atoms with Gasteiger partial charge in [-0.2, -0.15) is 23.5 Å². The number of thiazole rings is 1. The average Bonchev–Trinajstić information content (AvgIpc) is 2.91. The predicted octanol–water partition coefficient (Wildman–Crippen LogP) is 1.40. The van der Waals surface area contributed by atoms with Crippen molar-refractivity contribution in [1.82, 2.24) is 4.98 Å². The first-order valence-electron chi connectivity index (χ1n) is 5.89. The van der Waals surface area contributed by atoms with E-state index in [4.69, 9.17) is 10.2 Å². The van der Waals surface area contributed by atoms with Gasteiger partial charge >= 0.3 is 0 Å². The lowest BCUT2D eigenvalue weighted by Crippen LogP contribution is -2.29. The Kier molecular flexibility index (Phi) is 9.78. The van der Waals surface area contributed by atoms with Crippen LogP contribution in [0.5, 0.6) is 0 Å².